The van der Waals surface area contributed by atoms with Gasteiger partial charge in [-0.05, 0) is 25.7 Å². The molecule has 0 spiro atoms. The van der Waals surface area contributed by atoms with Crippen LogP contribution in [0.1, 0.15) is 74.7 Å². The number of amides is 1. The van der Waals surface area contributed by atoms with E-state index in [1.165, 1.54) is 57.1 Å². The third-order valence-electron chi connectivity index (χ3n) is 4.56. The fourth-order valence-corrected chi connectivity index (χ4v) is 3.32. The lowest BCUT2D eigenvalue weighted by atomic mass is 9.81. The van der Waals surface area contributed by atoms with Gasteiger partial charge in [0, 0.05) is 5.92 Å². The van der Waals surface area contributed by atoms with Crippen LogP contribution in [0, 0.1) is 0 Å². The van der Waals surface area contributed by atoms with E-state index in [-0.39, 0.29) is 12.3 Å². The number of hydrogen-bond acceptors (Lipinski definition) is 3. The molecule has 0 aromatic carbocycles. The van der Waals surface area contributed by atoms with E-state index in [1.54, 1.807) is 0 Å². The molecule has 0 unspecified atom stereocenters. The van der Waals surface area contributed by atoms with Gasteiger partial charge in [-0.1, -0.05) is 30.9 Å². The van der Waals surface area contributed by atoms with Gasteiger partial charge >= 0.3 is 0 Å². The van der Waals surface area contributed by atoms with Gasteiger partial charge in [-0.15, -0.1) is 5.10 Å². The van der Waals surface area contributed by atoms with Crippen molar-refractivity contribution in [2.75, 3.05) is 0 Å². The third-order valence-corrected chi connectivity index (χ3v) is 4.56. The molecule has 5 nitrogen and oxygen atoms in total. The van der Waals surface area contributed by atoms with Crippen molar-refractivity contribution >= 4 is 5.91 Å². The van der Waals surface area contributed by atoms with Gasteiger partial charge in [0.2, 0.25) is 5.91 Å². The van der Waals surface area contributed by atoms with Crippen LogP contribution in [-0.4, -0.2) is 20.9 Å². The summed E-state index contributed by atoms with van der Waals surface area (Å²) < 4.78 is 2.13. The number of carbonyl (C=O) groups is 1. The van der Waals surface area contributed by atoms with Crippen molar-refractivity contribution in [3.63, 3.8) is 0 Å². The van der Waals surface area contributed by atoms with Crippen LogP contribution in [0.15, 0.2) is 0 Å². The van der Waals surface area contributed by atoms with E-state index < -0.39 is 0 Å². The molecule has 0 radical (unpaired) electrons. The Morgan fingerprint density at radius 3 is 2.47 bits per heavy atom. The Balaban J connectivity index is 1.89. The first-order valence-corrected chi connectivity index (χ1v) is 7.48. The monoisotopic (exact) mass is 262 g/mol. The highest BCUT2D eigenvalue weighted by atomic mass is 16.1. The molecule has 0 atom stereocenters. The highest BCUT2D eigenvalue weighted by molar-refractivity contribution is 5.76. The number of aromatic nitrogens is 3. The van der Waals surface area contributed by atoms with Crippen molar-refractivity contribution in [2.45, 2.75) is 69.7 Å². The number of nitrogens with two attached hydrogens (primary N) is 1. The molecule has 19 heavy (non-hydrogen) atoms. The largest absolute Gasteiger partial charge is 0.369 e. The van der Waals surface area contributed by atoms with Gasteiger partial charge < -0.3 is 5.73 Å². The minimum Gasteiger partial charge on any atom is -0.369 e. The number of hydrogen-bond donors (Lipinski definition) is 1. The summed E-state index contributed by atoms with van der Waals surface area (Å²) in [5, 5.41) is 8.60. The number of carbonyl (C=O) groups excluding carboxylic acids is 1. The van der Waals surface area contributed by atoms with E-state index in [4.69, 9.17) is 5.73 Å². The molecule has 2 fully saturated rings. The minimum absolute atomic E-state index is 0.235. The van der Waals surface area contributed by atoms with E-state index in [9.17, 15) is 4.79 Å². The van der Waals surface area contributed by atoms with E-state index >= 15 is 0 Å². The van der Waals surface area contributed by atoms with Crippen LogP contribution in [0.2, 0.25) is 0 Å². The zero-order valence-electron chi connectivity index (χ0n) is 11.3. The van der Waals surface area contributed by atoms with Gasteiger partial charge in [-0.3, -0.25) is 4.79 Å². The van der Waals surface area contributed by atoms with Crippen LogP contribution in [0.5, 0.6) is 0 Å². The molecule has 0 aliphatic heterocycles. The topological polar surface area (TPSA) is 73.8 Å². The molecule has 2 N–H and O–H groups in total. The maximum Gasteiger partial charge on any atom is 0.223 e. The van der Waals surface area contributed by atoms with Crippen molar-refractivity contribution < 1.29 is 4.79 Å². The van der Waals surface area contributed by atoms with Crippen LogP contribution in [0.3, 0.4) is 0 Å². The van der Waals surface area contributed by atoms with Crippen molar-refractivity contribution in [1.29, 1.82) is 0 Å². The first-order valence-electron chi connectivity index (χ1n) is 7.48. The summed E-state index contributed by atoms with van der Waals surface area (Å²) in [7, 11) is 0. The molecule has 1 aromatic heterocycles. The fourth-order valence-electron chi connectivity index (χ4n) is 3.32. The van der Waals surface area contributed by atoms with Gasteiger partial charge in [-0.25, -0.2) is 4.68 Å². The minimum atomic E-state index is -0.309. The number of rotatable bonds is 4. The van der Waals surface area contributed by atoms with Crippen LogP contribution >= 0.6 is 0 Å². The van der Waals surface area contributed by atoms with E-state index in [2.05, 4.69) is 15.0 Å². The van der Waals surface area contributed by atoms with Crippen molar-refractivity contribution in [3.05, 3.63) is 11.4 Å². The van der Waals surface area contributed by atoms with E-state index in [0.29, 0.717) is 12.0 Å². The fraction of sp³-hybridized carbons (Fsp3) is 0.786. The Morgan fingerprint density at radius 1 is 1.16 bits per heavy atom. The average molecular weight is 262 g/mol. The quantitative estimate of drug-likeness (QED) is 0.902. The van der Waals surface area contributed by atoms with Crippen molar-refractivity contribution in [1.82, 2.24) is 15.0 Å². The Bertz CT molecular complexity index is 458. The number of primary amides is 1. The predicted molar refractivity (Wildman–Crippen MR) is 71.6 cm³/mol. The normalized spacial score (nSPS) is 21.3. The molecular weight excluding hydrogens is 240 g/mol. The summed E-state index contributed by atoms with van der Waals surface area (Å²) in [5.74, 6) is 0.238. The molecule has 2 aliphatic carbocycles. The molecule has 2 saturated carbocycles. The summed E-state index contributed by atoms with van der Waals surface area (Å²) in [6.07, 6.45) is 10.2. The Kier molecular flexibility index (Phi) is 3.53. The maximum atomic E-state index is 11.2. The SMILES string of the molecule is NC(=O)Cc1nnn(C2CCCCC2)c1C1CCC1. The van der Waals surface area contributed by atoms with Crippen molar-refractivity contribution in [2.24, 2.45) is 5.73 Å². The molecular formula is C14H22N4O. The molecule has 1 aromatic rings. The first kappa shape index (κ1) is 12.6. The maximum absolute atomic E-state index is 11.2. The third kappa shape index (κ3) is 2.51. The lowest BCUT2D eigenvalue weighted by Crippen LogP contribution is -2.23. The Labute approximate surface area is 113 Å². The molecule has 1 amide bonds. The summed E-state index contributed by atoms with van der Waals surface area (Å²) in [5.41, 5.74) is 7.35. The van der Waals surface area contributed by atoms with Gasteiger partial charge in [0.05, 0.1) is 23.9 Å². The van der Waals surface area contributed by atoms with Gasteiger partial charge in [-0.2, -0.15) is 0 Å². The van der Waals surface area contributed by atoms with Gasteiger partial charge in [0.1, 0.15) is 0 Å². The molecule has 2 aliphatic rings. The highest BCUT2D eigenvalue weighted by Gasteiger charge is 2.31. The summed E-state index contributed by atoms with van der Waals surface area (Å²) in [6.45, 7) is 0. The van der Waals surface area contributed by atoms with Gasteiger partial charge in [0.15, 0.2) is 0 Å². The molecule has 0 saturated heterocycles. The second-order valence-corrected chi connectivity index (χ2v) is 5.93. The predicted octanol–water partition coefficient (Wildman–Crippen LogP) is 2.08. The zero-order chi connectivity index (χ0) is 13.2. The number of nitrogens with zero attached hydrogens (tertiary/aromatic N) is 3. The van der Waals surface area contributed by atoms with Crippen molar-refractivity contribution in [3.8, 4) is 0 Å². The molecule has 5 heteroatoms. The van der Waals surface area contributed by atoms with Gasteiger partial charge in [0.25, 0.3) is 0 Å². The molecule has 3 rings (SSSR count). The first-order chi connectivity index (χ1) is 9.25. The Morgan fingerprint density at radius 2 is 1.89 bits per heavy atom. The summed E-state index contributed by atoms with van der Waals surface area (Å²) in [4.78, 5) is 11.2. The average Bonchev–Trinajstić information content (AvgIpc) is 2.71. The second-order valence-electron chi connectivity index (χ2n) is 5.93. The summed E-state index contributed by atoms with van der Waals surface area (Å²) >= 11 is 0. The molecule has 104 valence electrons. The molecule has 0 bridgehead atoms. The zero-order valence-corrected chi connectivity index (χ0v) is 11.3. The van der Waals surface area contributed by atoms with Crippen LogP contribution in [0.25, 0.3) is 0 Å². The van der Waals surface area contributed by atoms with Crippen LogP contribution in [0.4, 0.5) is 0 Å². The Hall–Kier alpha value is -1.39. The lowest BCUT2D eigenvalue weighted by Gasteiger charge is -2.30. The molecule has 1 heterocycles. The van der Waals surface area contributed by atoms with E-state index in [1.807, 2.05) is 0 Å². The standard InChI is InChI=1S/C14H22N4O/c15-13(19)9-12-14(10-5-4-6-10)18(17-16-12)11-7-2-1-3-8-11/h10-11H,1-9H2,(H2,15,19). The van der Waals surface area contributed by atoms with E-state index in [0.717, 1.165) is 5.69 Å². The van der Waals surface area contributed by atoms with Crippen LogP contribution in [-0.2, 0) is 11.2 Å². The second kappa shape index (κ2) is 5.31. The smallest absolute Gasteiger partial charge is 0.223 e. The lowest BCUT2D eigenvalue weighted by molar-refractivity contribution is -0.117. The summed E-state index contributed by atoms with van der Waals surface area (Å²) in [6, 6.07) is 0.485. The van der Waals surface area contributed by atoms with Crippen LogP contribution < -0.4 is 5.73 Å². The highest BCUT2D eigenvalue weighted by Crippen LogP contribution is 2.40.